The molecule has 0 aliphatic rings. The van der Waals surface area contributed by atoms with Crippen LogP contribution in [0.15, 0.2) is 76.5 Å². The smallest absolute Gasteiger partial charge is 0.347 e. The van der Waals surface area contributed by atoms with Crippen molar-refractivity contribution in [3.8, 4) is 17.2 Å². The van der Waals surface area contributed by atoms with Crippen molar-refractivity contribution in [1.29, 1.82) is 0 Å². The number of rotatable bonds is 13. The van der Waals surface area contributed by atoms with Gasteiger partial charge in [0.25, 0.3) is 0 Å². The Hall–Kier alpha value is -3.12. The first-order chi connectivity index (χ1) is 17.2. The summed E-state index contributed by atoms with van der Waals surface area (Å²) in [6.07, 6.45) is 2.60. The number of carboxylic acids is 1. The predicted molar refractivity (Wildman–Crippen MR) is 145 cm³/mol. The Morgan fingerprint density at radius 3 is 2.36 bits per heavy atom. The van der Waals surface area contributed by atoms with E-state index in [1.807, 2.05) is 31.2 Å². The van der Waals surface area contributed by atoms with Gasteiger partial charge < -0.3 is 19.3 Å². The first-order valence-electron chi connectivity index (χ1n) is 12.4. The lowest BCUT2D eigenvalue weighted by Crippen LogP contribution is -2.38. The van der Waals surface area contributed by atoms with E-state index in [9.17, 15) is 9.90 Å². The predicted octanol–water partition coefficient (Wildman–Crippen LogP) is 7.58. The monoisotopic (exact) mass is 508 g/mol. The van der Waals surface area contributed by atoms with Crippen LogP contribution in [0.2, 0.25) is 0 Å². The summed E-state index contributed by atoms with van der Waals surface area (Å²) in [6.45, 7) is 9.73. The number of carboxylic acid groups (broad SMARTS) is 1. The molecule has 0 saturated heterocycles. The fourth-order valence-electron chi connectivity index (χ4n) is 3.54. The fourth-order valence-corrected chi connectivity index (χ4v) is 4.52. The lowest BCUT2D eigenvalue weighted by molar-refractivity contribution is -0.152. The standard InChI is InChI=1S/C30H36O5S/c1-6-22-13-15-27(28(20-22)36-25-11-9-8-10-12-25)34-23(7-2)17-18-33-24-14-16-26(21(3)19-24)35-30(4,5)29(31)32/h8-16,19-20,23H,6-7,17-18H2,1-5H3,(H,31,32). The molecule has 3 rings (SSSR count). The summed E-state index contributed by atoms with van der Waals surface area (Å²) in [5.74, 6) is 1.13. The van der Waals surface area contributed by atoms with Gasteiger partial charge in [-0.3, -0.25) is 0 Å². The maximum absolute atomic E-state index is 11.3. The van der Waals surface area contributed by atoms with Crippen LogP contribution in [0, 0.1) is 6.92 Å². The minimum absolute atomic E-state index is 0.0210. The van der Waals surface area contributed by atoms with E-state index < -0.39 is 11.6 Å². The molecule has 0 spiro atoms. The summed E-state index contributed by atoms with van der Waals surface area (Å²) in [6, 6.07) is 22.2. The third-order valence-electron chi connectivity index (χ3n) is 5.87. The van der Waals surface area contributed by atoms with Gasteiger partial charge in [-0.25, -0.2) is 4.79 Å². The second-order valence-electron chi connectivity index (χ2n) is 9.18. The largest absolute Gasteiger partial charge is 0.493 e. The van der Waals surface area contributed by atoms with Crippen molar-refractivity contribution >= 4 is 17.7 Å². The molecule has 0 heterocycles. The molecule has 0 amide bonds. The zero-order valence-corrected chi connectivity index (χ0v) is 22.6. The van der Waals surface area contributed by atoms with Crippen LogP contribution in [0.4, 0.5) is 0 Å². The summed E-state index contributed by atoms with van der Waals surface area (Å²) in [4.78, 5) is 13.7. The van der Waals surface area contributed by atoms with Crippen molar-refractivity contribution in [2.45, 2.75) is 75.4 Å². The SMILES string of the molecule is CCc1ccc(OC(CC)CCOc2ccc(OC(C)(C)C(=O)O)c(C)c2)c(Sc2ccccc2)c1. The van der Waals surface area contributed by atoms with Gasteiger partial charge in [0.15, 0.2) is 5.60 Å². The Bertz CT molecular complexity index is 1140. The zero-order chi connectivity index (χ0) is 26.1. The molecule has 0 aliphatic heterocycles. The highest BCUT2D eigenvalue weighted by Crippen LogP contribution is 2.37. The van der Waals surface area contributed by atoms with E-state index in [4.69, 9.17) is 14.2 Å². The Kier molecular flexibility index (Phi) is 9.71. The van der Waals surface area contributed by atoms with E-state index in [1.54, 1.807) is 23.9 Å². The molecule has 0 bridgehead atoms. The van der Waals surface area contributed by atoms with Crippen LogP contribution >= 0.6 is 11.8 Å². The highest BCUT2D eigenvalue weighted by atomic mass is 32.2. The van der Waals surface area contributed by atoms with Crippen LogP contribution in [0.25, 0.3) is 0 Å². The van der Waals surface area contributed by atoms with Crippen molar-refractivity contribution in [3.63, 3.8) is 0 Å². The molecule has 0 aromatic heterocycles. The summed E-state index contributed by atoms with van der Waals surface area (Å²) in [5, 5.41) is 9.30. The van der Waals surface area contributed by atoms with Gasteiger partial charge >= 0.3 is 5.97 Å². The molecule has 1 unspecified atom stereocenters. The molecule has 6 heteroatoms. The molecule has 1 atom stereocenters. The molecular weight excluding hydrogens is 472 g/mol. The van der Waals surface area contributed by atoms with E-state index in [-0.39, 0.29) is 6.10 Å². The number of carbonyl (C=O) groups is 1. The molecule has 0 saturated carbocycles. The second-order valence-corrected chi connectivity index (χ2v) is 10.3. The third-order valence-corrected chi connectivity index (χ3v) is 6.92. The topological polar surface area (TPSA) is 65.0 Å². The quantitative estimate of drug-likeness (QED) is 0.257. The van der Waals surface area contributed by atoms with Crippen molar-refractivity contribution in [2.24, 2.45) is 0 Å². The minimum atomic E-state index is -1.30. The number of hydrogen-bond acceptors (Lipinski definition) is 5. The molecule has 36 heavy (non-hydrogen) atoms. The van der Waals surface area contributed by atoms with Gasteiger partial charge in [-0.05, 0) is 87.2 Å². The number of hydrogen-bond donors (Lipinski definition) is 1. The molecule has 1 N–H and O–H groups in total. The molecule has 5 nitrogen and oxygen atoms in total. The molecular formula is C30H36O5S. The van der Waals surface area contributed by atoms with Crippen LogP contribution in [-0.2, 0) is 11.2 Å². The average Bonchev–Trinajstić information content (AvgIpc) is 2.86. The van der Waals surface area contributed by atoms with Gasteiger partial charge in [0.05, 0.1) is 11.5 Å². The Morgan fingerprint density at radius 2 is 1.72 bits per heavy atom. The van der Waals surface area contributed by atoms with Crippen molar-refractivity contribution < 1.29 is 24.1 Å². The van der Waals surface area contributed by atoms with E-state index in [0.717, 1.165) is 41.2 Å². The Balaban J connectivity index is 1.61. The fraction of sp³-hybridized carbons (Fsp3) is 0.367. The van der Waals surface area contributed by atoms with Crippen LogP contribution < -0.4 is 14.2 Å². The van der Waals surface area contributed by atoms with Gasteiger partial charge in [0.1, 0.15) is 23.4 Å². The molecule has 3 aromatic rings. The Labute approximate surface area is 218 Å². The highest BCUT2D eigenvalue weighted by molar-refractivity contribution is 7.99. The minimum Gasteiger partial charge on any atom is -0.493 e. The normalized spacial score (nSPS) is 12.1. The number of aryl methyl sites for hydroxylation is 2. The van der Waals surface area contributed by atoms with Gasteiger partial charge in [0.2, 0.25) is 0 Å². The van der Waals surface area contributed by atoms with E-state index >= 15 is 0 Å². The van der Waals surface area contributed by atoms with Crippen LogP contribution in [0.1, 0.15) is 51.7 Å². The van der Waals surface area contributed by atoms with Gasteiger partial charge in [-0.1, -0.05) is 49.9 Å². The van der Waals surface area contributed by atoms with Crippen molar-refractivity contribution in [2.75, 3.05) is 6.61 Å². The van der Waals surface area contributed by atoms with E-state index in [2.05, 4.69) is 44.2 Å². The maximum atomic E-state index is 11.3. The number of aliphatic carboxylic acids is 1. The summed E-state index contributed by atoms with van der Waals surface area (Å²) in [7, 11) is 0. The zero-order valence-electron chi connectivity index (χ0n) is 21.7. The van der Waals surface area contributed by atoms with Crippen LogP contribution in [0.5, 0.6) is 17.2 Å². The second kappa shape index (κ2) is 12.7. The van der Waals surface area contributed by atoms with Gasteiger partial charge in [-0.15, -0.1) is 0 Å². The van der Waals surface area contributed by atoms with Gasteiger partial charge in [0, 0.05) is 11.3 Å². The summed E-state index contributed by atoms with van der Waals surface area (Å²) in [5.41, 5.74) is 0.807. The van der Waals surface area contributed by atoms with Crippen molar-refractivity contribution in [1.82, 2.24) is 0 Å². The Morgan fingerprint density at radius 1 is 1.00 bits per heavy atom. The van der Waals surface area contributed by atoms with E-state index in [1.165, 1.54) is 24.3 Å². The van der Waals surface area contributed by atoms with Crippen molar-refractivity contribution in [3.05, 3.63) is 77.9 Å². The van der Waals surface area contributed by atoms with Crippen LogP contribution in [0.3, 0.4) is 0 Å². The average molecular weight is 509 g/mol. The molecule has 192 valence electrons. The summed E-state index contributed by atoms with van der Waals surface area (Å²) < 4.78 is 18.1. The number of ether oxygens (including phenoxy) is 3. The third kappa shape index (κ3) is 7.69. The number of benzene rings is 3. The molecule has 0 radical (unpaired) electrons. The summed E-state index contributed by atoms with van der Waals surface area (Å²) >= 11 is 1.72. The maximum Gasteiger partial charge on any atom is 0.347 e. The van der Waals surface area contributed by atoms with Crippen LogP contribution in [-0.4, -0.2) is 29.4 Å². The van der Waals surface area contributed by atoms with E-state index in [0.29, 0.717) is 12.4 Å². The van der Waals surface area contributed by atoms with Gasteiger partial charge in [-0.2, -0.15) is 0 Å². The lowest BCUT2D eigenvalue weighted by atomic mass is 10.1. The first kappa shape index (κ1) is 27.5. The highest BCUT2D eigenvalue weighted by Gasteiger charge is 2.30. The lowest BCUT2D eigenvalue weighted by Gasteiger charge is -2.23. The first-order valence-corrected chi connectivity index (χ1v) is 13.2. The molecule has 0 fully saturated rings. The molecule has 0 aliphatic carbocycles. The molecule has 3 aromatic carbocycles.